The highest BCUT2D eigenvalue weighted by Crippen LogP contribution is 2.13. The zero-order valence-corrected chi connectivity index (χ0v) is 11.8. The van der Waals surface area contributed by atoms with Gasteiger partial charge >= 0.3 is 0 Å². The van der Waals surface area contributed by atoms with E-state index in [0.29, 0.717) is 5.56 Å². The number of hydrogen-bond donors (Lipinski definition) is 0. The van der Waals surface area contributed by atoms with Gasteiger partial charge in [-0.3, -0.25) is 9.48 Å². The lowest BCUT2D eigenvalue weighted by molar-refractivity contribution is 0.104. The van der Waals surface area contributed by atoms with Gasteiger partial charge in [0.25, 0.3) is 0 Å². The Morgan fingerprint density at radius 3 is 2.83 bits per heavy atom. The van der Waals surface area contributed by atoms with E-state index in [1.807, 2.05) is 32.2 Å². The molecular formula is C14H13BrN2O. The molecule has 3 nitrogen and oxygen atoms in total. The maximum Gasteiger partial charge on any atom is 0.185 e. The normalized spacial score (nSPS) is 11.1. The van der Waals surface area contributed by atoms with Crippen LogP contribution >= 0.6 is 15.9 Å². The average Bonchev–Trinajstić information content (AvgIpc) is 2.67. The summed E-state index contributed by atoms with van der Waals surface area (Å²) in [7, 11) is 1.88. The van der Waals surface area contributed by atoms with E-state index in [-0.39, 0.29) is 5.78 Å². The zero-order chi connectivity index (χ0) is 13.1. The number of rotatable bonds is 3. The smallest absolute Gasteiger partial charge is 0.185 e. The summed E-state index contributed by atoms with van der Waals surface area (Å²) in [5, 5.41) is 4.13. The molecular weight excluding hydrogens is 292 g/mol. The van der Waals surface area contributed by atoms with Crippen LogP contribution in [0, 0.1) is 6.92 Å². The Balaban J connectivity index is 2.19. The van der Waals surface area contributed by atoms with Crippen molar-refractivity contribution >= 4 is 27.8 Å². The third kappa shape index (κ3) is 2.76. The molecule has 1 aromatic heterocycles. The van der Waals surface area contributed by atoms with Crippen LogP contribution in [0.25, 0.3) is 6.08 Å². The van der Waals surface area contributed by atoms with E-state index < -0.39 is 0 Å². The van der Waals surface area contributed by atoms with Crippen molar-refractivity contribution in [2.45, 2.75) is 6.92 Å². The maximum absolute atomic E-state index is 12.0. The Morgan fingerprint density at radius 1 is 1.44 bits per heavy atom. The molecule has 0 amide bonds. The summed E-state index contributed by atoms with van der Waals surface area (Å²) in [5.74, 6) is -0.0143. The van der Waals surface area contributed by atoms with Gasteiger partial charge in [-0.15, -0.1) is 0 Å². The summed E-state index contributed by atoms with van der Waals surface area (Å²) in [4.78, 5) is 12.0. The molecule has 0 spiro atoms. The van der Waals surface area contributed by atoms with E-state index in [0.717, 1.165) is 15.7 Å². The van der Waals surface area contributed by atoms with E-state index in [1.165, 1.54) is 0 Å². The minimum absolute atomic E-state index is 0.0143. The van der Waals surface area contributed by atoms with Crippen LogP contribution in [0.1, 0.15) is 21.6 Å². The number of aryl methyl sites for hydroxylation is 1. The summed E-state index contributed by atoms with van der Waals surface area (Å²) in [6.07, 6.45) is 5.12. The van der Waals surface area contributed by atoms with Gasteiger partial charge in [-0.25, -0.2) is 0 Å². The van der Waals surface area contributed by atoms with E-state index in [1.54, 1.807) is 29.1 Å². The van der Waals surface area contributed by atoms with Crippen LogP contribution in [0.4, 0.5) is 0 Å². The summed E-state index contributed by atoms with van der Waals surface area (Å²) < 4.78 is 2.68. The third-order valence-corrected chi connectivity index (χ3v) is 3.29. The first kappa shape index (κ1) is 12.8. The molecule has 0 saturated carbocycles. The molecule has 18 heavy (non-hydrogen) atoms. The van der Waals surface area contributed by atoms with E-state index in [2.05, 4.69) is 21.0 Å². The summed E-state index contributed by atoms with van der Waals surface area (Å²) >= 11 is 3.35. The van der Waals surface area contributed by atoms with Gasteiger partial charge in [-0.2, -0.15) is 5.10 Å². The molecule has 0 radical (unpaired) electrons. The summed E-state index contributed by atoms with van der Waals surface area (Å²) in [6.45, 7) is 1.97. The first-order valence-corrected chi connectivity index (χ1v) is 6.34. The highest BCUT2D eigenvalue weighted by molar-refractivity contribution is 9.10. The molecule has 92 valence electrons. The number of allylic oxidation sites excluding steroid dienone is 1. The lowest BCUT2D eigenvalue weighted by atomic mass is 10.1. The first-order valence-electron chi connectivity index (χ1n) is 5.54. The van der Waals surface area contributed by atoms with Crippen molar-refractivity contribution < 1.29 is 4.79 Å². The standard InChI is InChI=1S/C14H13BrN2O/c1-10-12(9-16-17(10)2)6-7-14(18)11-4-3-5-13(15)8-11/h3-9H,1-2H3/b7-6+. The second-order valence-corrected chi connectivity index (χ2v) is 4.93. The van der Waals surface area contributed by atoms with E-state index in [9.17, 15) is 4.79 Å². The number of carbonyl (C=O) groups excluding carboxylic acids is 1. The van der Waals surface area contributed by atoms with Crippen molar-refractivity contribution in [3.8, 4) is 0 Å². The molecule has 0 aliphatic heterocycles. The molecule has 0 unspecified atom stereocenters. The summed E-state index contributed by atoms with van der Waals surface area (Å²) in [6, 6.07) is 7.35. The number of aromatic nitrogens is 2. The van der Waals surface area contributed by atoms with Gasteiger partial charge < -0.3 is 0 Å². The number of nitrogens with zero attached hydrogens (tertiary/aromatic N) is 2. The van der Waals surface area contributed by atoms with Crippen molar-refractivity contribution in [1.29, 1.82) is 0 Å². The number of hydrogen-bond acceptors (Lipinski definition) is 2. The quantitative estimate of drug-likeness (QED) is 0.643. The van der Waals surface area contributed by atoms with Crippen molar-refractivity contribution in [1.82, 2.24) is 9.78 Å². The lowest BCUT2D eigenvalue weighted by Gasteiger charge is -1.97. The third-order valence-electron chi connectivity index (χ3n) is 2.80. The van der Waals surface area contributed by atoms with Gasteiger partial charge in [-0.05, 0) is 31.2 Å². The molecule has 0 bridgehead atoms. The minimum Gasteiger partial charge on any atom is -0.289 e. The Kier molecular flexibility index (Phi) is 3.77. The van der Waals surface area contributed by atoms with Crippen LogP contribution < -0.4 is 0 Å². The topological polar surface area (TPSA) is 34.9 Å². The van der Waals surface area contributed by atoms with Crippen LogP contribution in [0.3, 0.4) is 0 Å². The number of halogens is 1. The van der Waals surface area contributed by atoms with Crippen LogP contribution in [0.15, 0.2) is 41.0 Å². The van der Waals surface area contributed by atoms with Crippen LogP contribution in [0.2, 0.25) is 0 Å². The van der Waals surface area contributed by atoms with Crippen LogP contribution in [-0.4, -0.2) is 15.6 Å². The van der Waals surface area contributed by atoms with Crippen molar-refractivity contribution in [3.63, 3.8) is 0 Å². The Bertz CT molecular complexity index is 614. The molecule has 4 heteroatoms. The highest BCUT2D eigenvalue weighted by atomic mass is 79.9. The molecule has 0 saturated heterocycles. The van der Waals surface area contributed by atoms with E-state index >= 15 is 0 Å². The SMILES string of the molecule is Cc1c(/C=C/C(=O)c2cccc(Br)c2)cnn1C. The minimum atomic E-state index is -0.0143. The molecule has 2 aromatic rings. The largest absolute Gasteiger partial charge is 0.289 e. The van der Waals surface area contributed by atoms with Gasteiger partial charge in [0, 0.05) is 28.3 Å². The zero-order valence-electron chi connectivity index (χ0n) is 10.2. The van der Waals surface area contributed by atoms with Gasteiger partial charge in [0.1, 0.15) is 0 Å². The molecule has 0 fully saturated rings. The number of carbonyl (C=O) groups is 1. The molecule has 0 aliphatic carbocycles. The van der Waals surface area contributed by atoms with Crippen LogP contribution in [-0.2, 0) is 7.05 Å². The monoisotopic (exact) mass is 304 g/mol. The highest BCUT2D eigenvalue weighted by Gasteiger charge is 2.03. The van der Waals surface area contributed by atoms with Gasteiger partial charge in [0.05, 0.1) is 6.20 Å². The van der Waals surface area contributed by atoms with Gasteiger partial charge in [0.15, 0.2) is 5.78 Å². The van der Waals surface area contributed by atoms with Crippen molar-refractivity contribution in [2.24, 2.45) is 7.05 Å². The number of benzene rings is 1. The Morgan fingerprint density at radius 2 is 2.22 bits per heavy atom. The summed E-state index contributed by atoms with van der Waals surface area (Å²) in [5.41, 5.74) is 2.66. The van der Waals surface area contributed by atoms with Gasteiger partial charge in [-0.1, -0.05) is 28.1 Å². The molecule has 0 N–H and O–H groups in total. The first-order chi connectivity index (χ1) is 8.58. The fraction of sp³-hybridized carbons (Fsp3) is 0.143. The Labute approximate surface area is 114 Å². The average molecular weight is 305 g/mol. The van der Waals surface area contributed by atoms with Crippen LogP contribution in [0.5, 0.6) is 0 Å². The molecule has 1 heterocycles. The van der Waals surface area contributed by atoms with Crippen molar-refractivity contribution in [3.05, 3.63) is 57.8 Å². The number of ketones is 1. The fourth-order valence-corrected chi connectivity index (χ4v) is 1.98. The second-order valence-electron chi connectivity index (χ2n) is 4.02. The molecule has 1 aromatic carbocycles. The fourth-order valence-electron chi connectivity index (χ4n) is 1.58. The molecule has 0 aliphatic rings. The predicted octanol–water partition coefficient (Wildman–Crippen LogP) is 3.39. The lowest BCUT2D eigenvalue weighted by Crippen LogP contribution is -1.94. The predicted molar refractivity (Wildman–Crippen MR) is 75.5 cm³/mol. The molecule has 2 rings (SSSR count). The van der Waals surface area contributed by atoms with Gasteiger partial charge in [0.2, 0.25) is 0 Å². The maximum atomic E-state index is 12.0. The van der Waals surface area contributed by atoms with E-state index in [4.69, 9.17) is 0 Å². The second kappa shape index (κ2) is 5.31. The molecule has 0 atom stereocenters. The van der Waals surface area contributed by atoms with Crippen molar-refractivity contribution in [2.75, 3.05) is 0 Å². The Hall–Kier alpha value is -1.68.